The van der Waals surface area contributed by atoms with Crippen LogP contribution >= 0.6 is 0 Å². The third kappa shape index (κ3) is 13.4. The number of amides is 1. The first kappa shape index (κ1) is 17.3. The lowest BCUT2D eigenvalue weighted by atomic mass is 10.3. The Morgan fingerprint density at radius 2 is 1.39 bits per heavy atom. The second-order valence-electron chi connectivity index (χ2n) is 4.14. The number of nitrogens with one attached hydrogen (secondary N) is 4. The van der Waals surface area contributed by atoms with Crippen molar-refractivity contribution in [3.63, 3.8) is 0 Å². The molecule has 0 fully saturated rings. The van der Waals surface area contributed by atoms with Crippen LogP contribution in [0.4, 0.5) is 0 Å². The van der Waals surface area contributed by atoms with Crippen LogP contribution in [-0.4, -0.2) is 58.3 Å². The van der Waals surface area contributed by atoms with E-state index >= 15 is 0 Å². The Kier molecular flexibility index (Phi) is 13.8. The third-order valence-corrected chi connectivity index (χ3v) is 2.38. The highest BCUT2D eigenvalue weighted by atomic mass is 16.1. The third-order valence-electron chi connectivity index (χ3n) is 2.38. The Bertz CT molecular complexity index is 189. The van der Waals surface area contributed by atoms with Crippen LogP contribution in [0.15, 0.2) is 0 Å². The van der Waals surface area contributed by atoms with E-state index in [0.29, 0.717) is 19.5 Å². The highest BCUT2D eigenvalue weighted by Crippen LogP contribution is 1.83. The molecule has 0 radical (unpaired) electrons. The minimum Gasteiger partial charge on any atom is -0.355 e. The predicted molar refractivity (Wildman–Crippen MR) is 75.6 cm³/mol. The fraction of sp³-hybridized carbons (Fsp3) is 0.917. The summed E-state index contributed by atoms with van der Waals surface area (Å²) in [4.78, 5) is 11.1. The summed E-state index contributed by atoms with van der Waals surface area (Å²) in [6.07, 6.45) is 1.53. The van der Waals surface area contributed by atoms with Gasteiger partial charge in [-0.15, -0.1) is 0 Å². The number of nitrogens with two attached hydrogens (primary N) is 1. The molecular weight excluding hydrogens is 230 g/mol. The zero-order chi connectivity index (χ0) is 13.5. The van der Waals surface area contributed by atoms with Crippen LogP contribution < -0.4 is 27.0 Å². The largest absolute Gasteiger partial charge is 0.355 e. The average molecular weight is 259 g/mol. The fourth-order valence-electron chi connectivity index (χ4n) is 1.44. The average Bonchev–Trinajstić information content (AvgIpc) is 2.36. The highest BCUT2D eigenvalue weighted by molar-refractivity contribution is 5.75. The van der Waals surface area contributed by atoms with Gasteiger partial charge < -0.3 is 27.0 Å². The van der Waals surface area contributed by atoms with E-state index in [1.54, 1.807) is 0 Å². The molecule has 1 amide bonds. The molecule has 0 atom stereocenters. The molecule has 0 aromatic carbocycles. The minimum absolute atomic E-state index is 0.142. The van der Waals surface area contributed by atoms with E-state index in [4.69, 9.17) is 5.73 Å². The summed E-state index contributed by atoms with van der Waals surface area (Å²) in [5.74, 6) is 0.142. The number of hydrogen-bond acceptors (Lipinski definition) is 5. The summed E-state index contributed by atoms with van der Waals surface area (Å²) in [6, 6.07) is 0. The first-order chi connectivity index (χ1) is 8.81. The Balaban J connectivity index is 3.01. The molecule has 6 N–H and O–H groups in total. The smallest absolute Gasteiger partial charge is 0.220 e. The lowest BCUT2D eigenvalue weighted by Crippen LogP contribution is -2.36. The van der Waals surface area contributed by atoms with Crippen LogP contribution in [0.5, 0.6) is 0 Å². The second-order valence-corrected chi connectivity index (χ2v) is 4.14. The fourth-order valence-corrected chi connectivity index (χ4v) is 1.44. The summed E-state index contributed by atoms with van der Waals surface area (Å²) < 4.78 is 0. The zero-order valence-electron chi connectivity index (χ0n) is 11.6. The maximum atomic E-state index is 11.1. The van der Waals surface area contributed by atoms with Gasteiger partial charge in [-0.3, -0.25) is 4.79 Å². The number of carbonyl (C=O) groups excluding carboxylic acids is 1. The molecule has 0 saturated heterocycles. The van der Waals surface area contributed by atoms with Gasteiger partial charge in [-0.2, -0.15) is 0 Å². The van der Waals surface area contributed by atoms with Gasteiger partial charge >= 0.3 is 0 Å². The van der Waals surface area contributed by atoms with E-state index in [1.165, 1.54) is 0 Å². The monoisotopic (exact) mass is 259 g/mol. The molecule has 0 bridgehead atoms. The predicted octanol–water partition coefficient (Wildman–Crippen LogP) is -1.37. The van der Waals surface area contributed by atoms with Crippen LogP contribution in [0.25, 0.3) is 0 Å². The molecule has 0 aliphatic heterocycles. The van der Waals surface area contributed by atoms with E-state index in [1.807, 2.05) is 6.92 Å². The molecule has 6 nitrogen and oxygen atoms in total. The van der Waals surface area contributed by atoms with Crippen molar-refractivity contribution >= 4 is 5.91 Å². The highest BCUT2D eigenvalue weighted by Gasteiger charge is 1.96. The van der Waals surface area contributed by atoms with Crippen molar-refractivity contribution in [2.45, 2.75) is 19.8 Å². The van der Waals surface area contributed by atoms with Crippen molar-refractivity contribution in [1.82, 2.24) is 21.3 Å². The van der Waals surface area contributed by atoms with Crippen molar-refractivity contribution < 1.29 is 4.79 Å². The molecular formula is C12H29N5O. The van der Waals surface area contributed by atoms with Crippen LogP contribution in [0, 0.1) is 0 Å². The lowest BCUT2D eigenvalue weighted by Gasteiger charge is -2.08. The zero-order valence-corrected chi connectivity index (χ0v) is 11.6. The van der Waals surface area contributed by atoms with E-state index in [-0.39, 0.29) is 5.91 Å². The minimum atomic E-state index is 0.142. The molecule has 0 aromatic rings. The van der Waals surface area contributed by atoms with Gasteiger partial charge in [0.25, 0.3) is 0 Å². The molecule has 0 rings (SSSR count). The van der Waals surface area contributed by atoms with E-state index < -0.39 is 0 Å². The Morgan fingerprint density at radius 1 is 0.889 bits per heavy atom. The van der Waals surface area contributed by atoms with Gasteiger partial charge in [0.15, 0.2) is 0 Å². The maximum Gasteiger partial charge on any atom is 0.220 e. The molecule has 0 unspecified atom stereocenters. The number of hydrogen-bond donors (Lipinski definition) is 5. The van der Waals surface area contributed by atoms with Gasteiger partial charge in [-0.05, 0) is 6.42 Å². The molecule has 0 heterocycles. The quantitative estimate of drug-likeness (QED) is 0.263. The number of rotatable bonds is 13. The van der Waals surface area contributed by atoms with Gasteiger partial charge in [0, 0.05) is 58.8 Å². The molecule has 0 aliphatic carbocycles. The summed E-state index contributed by atoms with van der Waals surface area (Å²) in [7, 11) is 0. The SMILES string of the molecule is CCCC(=O)NCCNCCNCCNCCN. The Hall–Kier alpha value is -0.690. The van der Waals surface area contributed by atoms with Crippen molar-refractivity contribution in [2.75, 3.05) is 52.4 Å². The number of carbonyl (C=O) groups is 1. The topological polar surface area (TPSA) is 91.2 Å². The van der Waals surface area contributed by atoms with Gasteiger partial charge in [0.2, 0.25) is 5.91 Å². The summed E-state index contributed by atoms with van der Waals surface area (Å²) in [6.45, 7) is 8.85. The lowest BCUT2D eigenvalue weighted by molar-refractivity contribution is -0.121. The van der Waals surface area contributed by atoms with E-state index in [0.717, 1.165) is 45.7 Å². The van der Waals surface area contributed by atoms with Gasteiger partial charge in [-0.25, -0.2) is 0 Å². The van der Waals surface area contributed by atoms with Gasteiger partial charge in [0.1, 0.15) is 0 Å². The van der Waals surface area contributed by atoms with E-state index in [2.05, 4.69) is 21.3 Å². The van der Waals surface area contributed by atoms with Crippen molar-refractivity contribution in [3.05, 3.63) is 0 Å². The summed E-state index contributed by atoms with van der Waals surface area (Å²) in [5.41, 5.74) is 5.35. The van der Waals surface area contributed by atoms with Crippen molar-refractivity contribution in [2.24, 2.45) is 5.73 Å². The molecule has 6 heteroatoms. The summed E-state index contributed by atoms with van der Waals surface area (Å²) in [5, 5.41) is 12.7. The Morgan fingerprint density at radius 3 is 1.89 bits per heavy atom. The molecule has 108 valence electrons. The first-order valence-corrected chi connectivity index (χ1v) is 6.90. The van der Waals surface area contributed by atoms with Crippen LogP contribution in [0.3, 0.4) is 0 Å². The van der Waals surface area contributed by atoms with Crippen LogP contribution in [-0.2, 0) is 4.79 Å². The van der Waals surface area contributed by atoms with Gasteiger partial charge in [-0.1, -0.05) is 6.92 Å². The first-order valence-electron chi connectivity index (χ1n) is 6.90. The molecule has 18 heavy (non-hydrogen) atoms. The molecule has 0 saturated carbocycles. The second kappa shape index (κ2) is 14.4. The Labute approximate surface area is 110 Å². The molecule has 0 aliphatic rings. The standard InChI is InChI=1S/C12H29N5O/c1-2-3-12(18)17-11-10-16-9-8-15-7-6-14-5-4-13/h14-16H,2-11,13H2,1H3,(H,17,18). The summed E-state index contributed by atoms with van der Waals surface area (Å²) >= 11 is 0. The van der Waals surface area contributed by atoms with Gasteiger partial charge in [0.05, 0.1) is 0 Å². The maximum absolute atomic E-state index is 11.1. The van der Waals surface area contributed by atoms with Crippen molar-refractivity contribution in [1.29, 1.82) is 0 Å². The van der Waals surface area contributed by atoms with E-state index in [9.17, 15) is 4.79 Å². The molecule has 0 aromatic heterocycles. The van der Waals surface area contributed by atoms with Crippen LogP contribution in [0.1, 0.15) is 19.8 Å². The normalized spacial score (nSPS) is 10.6. The molecule has 0 spiro atoms. The van der Waals surface area contributed by atoms with Crippen molar-refractivity contribution in [3.8, 4) is 0 Å². The van der Waals surface area contributed by atoms with Crippen LogP contribution in [0.2, 0.25) is 0 Å².